The Morgan fingerprint density at radius 2 is 2.00 bits per heavy atom. The van der Waals surface area contributed by atoms with Crippen LogP contribution in [-0.2, 0) is 17.8 Å². The molecular formula is C16H22IN5O. The second-order valence-corrected chi connectivity index (χ2v) is 5.30. The number of rotatable bonds is 4. The largest absolute Gasteiger partial charge is 0.378 e. The number of hydrogen-bond acceptors (Lipinski definition) is 3. The molecule has 23 heavy (non-hydrogen) atoms. The molecule has 6 nitrogen and oxygen atoms in total. The smallest absolute Gasteiger partial charge is 0.191 e. The van der Waals surface area contributed by atoms with Gasteiger partial charge in [0.1, 0.15) is 0 Å². The van der Waals surface area contributed by atoms with E-state index in [0.29, 0.717) is 12.5 Å². The molecule has 1 fully saturated rings. The van der Waals surface area contributed by atoms with Crippen LogP contribution in [0.15, 0.2) is 47.7 Å². The van der Waals surface area contributed by atoms with Crippen molar-refractivity contribution < 1.29 is 4.74 Å². The standard InChI is InChI=1S/C16H21N5O.HI/c17-16(20-7-9-22-10-8-20)18-12-14-3-1-4-15(11-14)13-21-6-2-5-19-21;/h1-6,11H,7-10,12-13H2,(H2,17,18);1H. The van der Waals surface area contributed by atoms with Crippen LogP contribution >= 0.6 is 24.0 Å². The first-order valence-electron chi connectivity index (χ1n) is 7.49. The highest BCUT2D eigenvalue weighted by Crippen LogP contribution is 2.08. The Bertz CT molecular complexity index is 623. The average molecular weight is 427 g/mol. The second kappa shape index (κ2) is 8.88. The number of aromatic nitrogens is 2. The predicted molar refractivity (Wildman–Crippen MR) is 101 cm³/mol. The number of morpholine rings is 1. The average Bonchev–Trinajstić information content (AvgIpc) is 3.07. The minimum Gasteiger partial charge on any atom is -0.378 e. The highest BCUT2D eigenvalue weighted by molar-refractivity contribution is 14.0. The van der Waals surface area contributed by atoms with Gasteiger partial charge in [0, 0.05) is 25.5 Å². The summed E-state index contributed by atoms with van der Waals surface area (Å²) in [4.78, 5) is 6.57. The molecule has 0 saturated carbocycles. The Balaban J connectivity index is 0.00000192. The van der Waals surface area contributed by atoms with Crippen LogP contribution in [0.1, 0.15) is 11.1 Å². The zero-order valence-electron chi connectivity index (χ0n) is 13.0. The van der Waals surface area contributed by atoms with Crippen molar-refractivity contribution in [1.29, 1.82) is 0 Å². The van der Waals surface area contributed by atoms with Crippen molar-refractivity contribution in [2.24, 2.45) is 10.7 Å². The van der Waals surface area contributed by atoms with E-state index in [4.69, 9.17) is 10.5 Å². The molecule has 124 valence electrons. The van der Waals surface area contributed by atoms with E-state index < -0.39 is 0 Å². The van der Waals surface area contributed by atoms with Gasteiger partial charge in [0.05, 0.1) is 26.3 Å². The summed E-state index contributed by atoms with van der Waals surface area (Å²) in [5, 5.41) is 4.23. The Kier molecular flexibility index (Phi) is 6.85. The molecule has 1 aromatic heterocycles. The summed E-state index contributed by atoms with van der Waals surface area (Å²) >= 11 is 0. The van der Waals surface area contributed by atoms with Crippen molar-refractivity contribution in [3.05, 3.63) is 53.9 Å². The fourth-order valence-electron chi connectivity index (χ4n) is 2.47. The minimum atomic E-state index is 0. The molecular weight excluding hydrogens is 405 g/mol. The van der Waals surface area contributed by atoms with E-state index in [1.54, 1.807) is 6.20 Å². The van der Waals surface area contributed by atoms with Crippen molar-refractivity contribution in [2.45, 2.75) is 13.1 Å². The quantitative estimate of drug-likeness (QED) is 0.458. The molecule has 0 radical (unpaired) electrons. The van der Waals surface area contributed by atoms with Crippen molar-refractivity contribution in [3.63, 3.8) is 0 Å². The van der Waals surface area contributed by atoms with Gasteiger partial charge >= 0.3 is 0 Å². The maximum Gasteiger partial charge on any atom is 0.191 e. The lowest BCUT2D eigenvalue weighted by molar-refractivity contribution is 0.0674. The van der Waals surface area contributed by atoms with E-state index in [9.17, 15) is 0 Å². The van der Waals surface area contributed by atoms with Crippen LogP contribution in [0.5, 0.6) is 0 Å². The number of aliphatic imine (C=N–C) groups is 1. The van der Waals surface area contributed by atoms with E-state index in [2.05, 4.69) is 39.3 Å². The molecule has 2 heterocycles. The van der Waals surface area contributed by atoms with E-state index >= 15 is 0 Å². The minimum absolute atomic E-state index is 0. The van der Waals surface area contributed by atoms with Crippen molar-refractivity contribution >= 4 is 29.9 Å². The summed E-state index contributed by atoms with van der Waals surface area (Å²) in [5.41, 5.74) is 8.41. The van der Waals surface area contributed by atoms with E-state index in [1.165, 1.54) is 5.56 Å². The van der Waals surface area contributed by atoms with Crippen molar-refractivity contribution in [2.75, 3.05) is 26.3 Å². The summed E-state index contributed by atoms with van der Waals surface area (Å²) in [6.45, 7) is 4.42. The van der Waals surface area contributed by atoms with Gasteiger partial charge in [-0.1, -0.05) is 24.3 Å². The molecule has 1 aromatic carbocycles. The molecule has 1 aliphatic rings. The van der Waals surface area contributed by atoms with Crippen LogP contribution in [0.25, 0.3) is 0 Å². The van der Waals surface area contributed by atoms with Gasteiger partial charge in [0.15, 0.2) is 5.96 Å². The summed E-state index contributed by atoms with van der Waals surface area (Å²) in [5.74, 6) is 0.598. The highest BCUT2D eigenvalue weighted by atomic mass is 127. The molecule has 7 heteroatoms. The number of guanidine groups is 1. The van der Waals surface area contributed by atoms with Gasteiger partial charge in [0.2, 0.25) is 0 Å². The zero-order valence-corrected chi connectivity index (χ0v) is 15.3. The van der Waals surface area contributed by atoms with Crippen LogP contribution in [0.2, 0.25) is 0 Å². The Labute approximate surface area is 153 Å². The fraction of sp³-hybridized carbons (Fsp3) is 0.375. The fourth-order valence-corrected chi connectivity index (χ4v) is 2.47. The third-order valence-corrected chi connectivity index (χ3v) is 3.65. The number of ether oxygens (including phenoxy) is 1. The van der Waals surface area contributed by atoms with Gasteiger partial charge in [-0.15, -0.1) is 24.0 Å². The van der Waals surface area contributed by atoms with Gasteiger partial charge in [-0.25, -0.2) is 4.99 Å². The van der Waals surface area contributed by atoms with Gasteiger partial charge in [-0.3, -0.25) is 4.68 Å². The second-order valence-electron chi connectivity index (χ2n) is 5.30. The first-order valence-corrected chi connectivity index (χ1v) is 7.49. The molecule has 0 spiro atoms. The van der Waals surface area contributed by atoms with Crippen LogP contribution < -0.4 is 5.73 Å². The highest BCUT2D eigenvalue weighted by Gasteiger charge is 2.11. The van der Waals surface area contributed by atoms with Gasteiger partial charge in [-0.05, 0) is 17.2 Å². The summed E-state index contributed by atoms with van der Waals surface area (Å²) in [6, 6.07) is 10.3. The van der Waals surface area contributed by atoms with Crippen molar-refractivity contribution in [3.8, 4) is 0 Å². The maximum absolute atomic E-state index is 6.05. The number of halogens is 1. The summed E-state index contributed by atoms with van der Waals surface area (Å²) in [7, 11) is 0. The molecule has 1 aliphatic heterocycles. The van der Waals surface area contributed by atoms with E-state index in [0.717, 1.165) is 38.4 Å². The van der Waals surface area contributed by atoms with Gasteiger partial charge in [-0.2, -0.15) is 5.10 Å². The zero-order chi connectivity index (χ0) is 15.2. The predicted octanol–water partition coefficient (Wildman–Crippen LogP) is 1.70. The van der Waals surface area contributed by atoms with Crippen LogP contribution in [0.3, 0.4) is 0 Å². The number of benzene rings is 1. The molecule has 0 unspecified atom stereocenters. The van der Waals surface area contributed by atoms with Crippen LogP contribution in [-0.4, -0.2) is 46.9 Å². The lowest BCUT2D eigenvalue weighted by Crippen LogP contribution is -2.44. The Morgan fingerprint density at radius 3 is 2.74 bits per heavy atom. The maximum atomic E-state index is 6.05. The topological polar surface area (TPSA) is 68.7 Å². The third-order valence-electron chi connectivity index (χ3n) is 3.65. The first kappa shape index (κ1) is 17.7. The Hall–Kier alpha value is -1.61. The molecule has 2 aromatic rings. The molecule has 0 atom stereocenters. The van der Waals surface area contributed by atoms with Gasteiger partial charge in [0.25, 0.3) is 0 Å². The Morgan fingerprint density at radius 1 is 1.22 bits per heavy atom. The van der Waals surface area contributed by atoms with Crippen molar-refractivity contribution in [1.82, 2.24) is 14.7 Å². The number of nitrogens with zero attached hydrogens (tertiary/aromatic N) is 4. The SMILES string of the molecule is I.NC(=NCc1cccc(Cn2cccn2)c1)N1CCOCC1. The monoisotopic (exact) mass is 427 g/mol. The summed E-state index contributed by atoms with van der Waals surface area (Å²) in [6.07, 6.45) is 3.75. The van der Waals surface area contributed by atoms with Gasteiger partial charge < -0.3 is 15.4 Å². The van der Waals surface area contributed by atoms with Crippen LogP contribution in [0, 0.1) is 0 Å². The lowest BCUT2D eigenvalue weighted by Gasteiger charge is -2.27. The van der Waals surface area contributed by atoms with E-state index in [1.807, 2.05) is 16.9 Å². The molecule has 0 aliphatic carbocycles. The van der Waals surface area contributed by atoms with Crippen LogP contribution in [0.4, 0.5) is 0 Å². The number of nitrogens with two attached hydrogens (primary N) is 1. The lowest BCUT2D eigenvalue weighted by atomic mass is 10.1. The number of hydrogen-bond donors (Lipinski definition) is 1. The summed E-state index contributed by atoms with van der Waals surface area (Å²) < 4.78 is 7.23. The third kappa shape index (κ3) is 5.21. The molecule has 2 N–H and O–H groups in total. The van der Waals surface area contributed by atoms with E-state index in [-0.39, 0.29) is 24.0 Å². The molecule has 0 amide bonds. The molecule has 1 saturated heterocycles. The molecule has 3 rings (SSSR count). The molecule has 0 bridgehead atoms. The first-order chi connectivity index (χ1) is 10.8. The normalized spacial score (nSPS) is 15.3.